The molecule has 32 heavy (non-hydrogen) atoms. The number of oxazole rings is 1. The third-order valence-electron chi connectivity index (χ3n) is 5.23. The molecule has 4 aromatic heterocycles. The topological polar surface area (TPSA) is 119 Å². The first-order valence-corrected chi connectivity index (χ1v) is 10.8. The number of nitrogens with zero attached hydrogens (tertiary/aromatic N) is 4. The van der Waals surface area contributed by atoms with E-state index in [0.29, 0.717) is 43.5 Å². The van der Waals surface area contributed by atoms with Gasteiger partial charge in [-0.3, -0.25) is 9.59 Å². The Hall–Kier alpha value is -4.10. The second-order valence-electron chi connectivity index (χ2n) is 7.13. The van der Waals surface area contributed by atoms with Crippen LogP contribution in [0.1, 0.15) is 16.1 Å². The Balaban J connectivity index is 1.30. The van der Waals surface area contributed by atoms with E-state index >= 15 is 0 Å². The van der Waals surface area contributed by atoms with E-state index in [0.717, 1.165) is 4.88 Å². The number of aromatic nitrogens is 2. The molecule has 0 aromatic carbocycles. The quantitative estimate of drug-likeness (QED) is 0.510. The van der Waals surface area contributed by atoms with Gasteiger partial charge in [0.25, 0.3) is 17.4 Å². The predicted octanol–water partition coefficient (Wildman–Crippen LogP) is 3.19. The van der Waals surface area contributed by atoms with Crippen molar-refractivity contribution in [3.63, 3.8) is 0 Å². The van der Waals surface area contributed by atoms with E-state index < -0.39 is 5.56 Å². The highest BCUT2D eigenvalue weighted by molar-refractivity contribution is 7.13. The third-order valence-corrected chi connectivity index (χ3v) is 6.13. The first-order valence-electron chi connectivity index (χ1n) is 9.90. The molecule has 0 saturated carbocycles. The third kappa shape index (κ3) is 3.59. The summed E-state index contributed by atoms with van der Waals surface area (Å²) in [4.78, 5) is 36.9. The van der Waals surface area contributed by atoms with Gasteiger partial charge in [-0.05, 0) is 35.7 Å². The molecule has 4 aromatic rings. The van der Waals surface area contributed by atoms with Crippen molar-refractivity contribution >= 4 is 23.1 Å². The first kappa shape index (κ1) is 19.8. The van der Waals surface area contributed by atoms with Crippen LogP contribution >= 0.6 is 11.3 Å². The van der Waals surface area contributed by atoms with Crippen molar-refractivity contribution in [1.29, 1.82) is 5.26 Å². The number of rotatable bonds is 4. The number of H-pyrrole nitrogens is 1. The highest BCUT2D eigenvalue weighted by atomic mass is 32.1. The summed E-state index contributed by atoms with van der Waals surface area (Å²) in [7, 11) is 0. The molecule has 0 aliphatic carbocycles. The molecule has 9 nitrogen and oxygen atoms in total. The number of thiophene rings is 1. The average Bonchev–Trinajstić information content (AvgIpc) is 3.60. The number of pyridine rings is 1. The molecule has 0 bridgehead atoms. The number of nitrogens with one attached hydrogen (secondary N) is 1. The molecule has 5 rings (SSSR count). The molecule has 0 atom stereocenters. The van der Waals surface area contributed by atoms with Crippen molar-refractivity contribution in [2.75, 3.05) is 31.1 Å². The SMILES string of the molecule is N#Cc1nc(-c2ccco2)oc1N1CCN(C(=O)c2ccc(-c3cccs3)[nH]c2=O)CC1. The Morgan fingerprint density at radius 1 is 1.16 bits per heavy atom. The summed E-state index contributed by atoms with van der Waals surface area (Å²) in [5, 5.41) is 11.4. The number of nitriles is 1. The maximum Gasteiger partial charge on any atom is 0.266 e. The number of anilines is 1. The average molecular weight is 447 g/mol. The highest BCUT2D eigenvalue weighted by Gasteiger charge is 2.28. The van der Waals surface area contributed by atoms with E-state index in [1.807, 2.05) is 28.5 Å². The first-order chi connectivity index (χ1) is 15.6. The molecule has 160 valence electrons. The Morgan fingerprint density at radius 3 is 2.66 bits per heavy atom. The van der Waals surface area contributed by atoms with Crippen LogP contribution in [-0.2, 0) is 0 Å². The van der Waals surface area contributed by atoms with Crippen molar-refractivity contribution in [3.8, 4) is 28.3 Å². The standard InChI is InChI=1S/C22H17N5O4S/c23-13-16-22(31-20(25-16)17-3-1-11-30-17)27-9-7-26(8-10-27)21(29)14-5-6-15(24-19(14)28)18-4-2-12-32-18/h1-6,11-12H,7-10H2,(H,24,28). The number of hydrogen-bond acceptors (Lipinski definition) is 8. The number of aromatic amines is 1. The summed E-state index contributed by atoms with van der Waals surface area (Å²) in [6.45, 7) is 1.65. The van der Waals surface area contributed by atoms with Crippen LogP contribution in [0.5, 0.6) is 0 Å². The molecule has 1 fully saturated rings. The molecule has 0 radical (unpaired) electrons. The summed E-state index contributed by atoms with van der Waals surface area (Å²) in [5.41, 5.74) is 0.550. The van der Waals surface area contributed by atoms with Gasteiger partial charge >= 0.3 is 0 Å². The van der Waals surface area contributed by atoms with E-state index in [1.165, 1.54) is 17.6 Å². The smallest absolute Gasteiger partial charge is 0.266 e. The molecule has 1 N–H and O–H groups in total. The second kappa shape index (κ2) is 8.20. The minimum absolute atomic E-state index is 0.108. The number of amides is 1. The Kier molecular flexibility index (Phi) is 5.09. The molecule has 1 amide bonds. The number of furan rings is 1. The Bertz CT molecular complexity index is 1340. The summed E-state index contributed by atoms with van der Waals surface area (Å²) < 4.78 is 11.1. The minimum Gasteiger partial charge on any atom is -0.459 e. The number of carbonyl (C=O) groups excluding carboxylic acids is 1. The van der Waals surface area contributed by atoms with Crippen molar-refractivity contribution in [3.05, 3.63) is 69.7 Å². The van der Waals surface area contributed by atoms with Crippen molar-refractivity contribution in [1.82, 2.24) is 14.9 Å². The molecule has 1 aliphatic rings. The van der Waals surface area contributed by atoms with Crippen molar-refractivity contribution in [2.24, 2.45) is 0 Å². The molecule has 5 heterocycles. The fraction of sp³-hybridized carbons (Fsp3) is 0.182. The van der Waals surface area contributed by atoms with Crippen LogP contribution in [0.25, 0.3) is 22.2 Å². The van der Waals surface area contributed by atoms with Gasteiger partial charge in [0.05, 0.1) is 16.8 Å². The lowest BCUT2D eigenvalue weighted by Gasteiger charge is -2.34. The Morgan fingerprint density at radius 2 is 2.00 bits per heavy atom. The number of carbonyl (C=O) groups is 1. The van der Waals surface area contributed by atoms with Crippen LogP contribution < -0.4 is 10.5 Å². The van der Waals surface area contributed by atoms with Gasteiger partial charge in [0.2, 0.25) is 11.6 Å². The molecule has 1 aliphatic heterocycles. The zero-order valence-corrected chi connectivity index (χ0v) is 17.6. The van der Waals surface area contributed by atoms with Crippen molar-refractivity contribution < 1.29 is 13.6 Å². The fourth-order valence-electron chi connectivity index (χ4n) is 3.61. The maximum atomic E-state index is 12.9. The molecule has 1 saturated heterocycles. The van der Waals surface area contributed by atoms with Gasteiger partial charge < -0.3 is 23.6 Å². The van der Waals surface area contributed by atoms with Crippen LogP contribution in [0.15, 0.2) is 61.7 Å². The number of piperazine rings is 1. The zero-order valence-electron chi connectivity index (χ0n) is 16.8. The lowest BCUT2D eigenvalue weighted by molar-refractivity contribution is 0.0743. The predicted molar refractivity (Wildman–Crippen MR) is 117 cm³/mol. The fourth-order valence-corrected chi connectivity index (χ4v) is 4.31. The minimum atomic E-state index is -0.409. The van der Waals surface area contributed by atoms with Crippen LogP contribution in [0.3, 0.4) is 0 Å². The summed E-state index contributed by atoms with van der Waals surface area (Å²) in [5.74, 6) is 0.700. The lowest BCUT2D eigenvalue weighted by Crippen LogP contribution is -2.49. The van der Waals surface area contributed by atoms with E-state index in [4.69, 9.17) is 8.83 Å². The van der Waals surface area contributed by atoms with Crippen LogP contribution in [0.2, 0.25) is 0 Å². The van der Waals surface area contributed by atoms with Gasteiger partial charge in [-0.2, -0.15) is 10.2 Å². The second-order valence-corrected chi connectivity index (χ2v) is 8.08. The van der Waals surface area contributed by atoms with Crippen LogP contribution in [0.4, 0.5) is 5.88 Å². The molecule has 10 heteroatoms. The summed E-state index contributed by atoms with van der Waals surface area (Å²) >= 11 is 1.52. The van der Waals surface area contributed by atoms with E-state index in [1.54, 1.807) is 29.2 Å². The largest absolute Gasteiger partial charge is 0.459 e. The van der Waals surface area contributed by atoms with Gasteiger partial charge in [-0.25, -0.2) is 0 Å². The Labute approximate surface area is 186 Å². The van der Waals surface area contributed by atoms with Crippen LogP contribution in [-0.4, -0.2) is 47.0 Å². The zero-order chi connectivity index (χ0) is 22.1. The normalized spacial score (nSPS) is 13.8. The van der Waals surface area contributed by atoms with Gasteiger partial charge in [-0.15, -0.1) is 11.3 Å². The molecular weight excluding hydrogens is 430 g/mol. The van der Waals surface area contributed by atoms with Gasteiger partial charge in [0.15, 0.2) is 5.76 Å². The van der Waals surface area contributed by atoms with E-state index in [2.05, 4.69) is 9.97 Å². The summed E-state index contributed by atoms with van der Waals surface area (Å²) in [6.07, 6.45) is 1.50. The number of hydrogen-bond donors (Lipinski definition) is 1. The summed E-state index contributed by atoms with van der Waals surface area (Å²) in [6, 6.07) is 12.6. The van der Waals surface area contributed by atoms with Gasteiger partial charge in [0, 0.05) is 26.2 Å². The maximum absolute atomic E-state index is 12.9. The van der Waals surface area contributed by atoms with E-state index in [-0.39, 0.29) is 23.1 Å². The lowest BCUT2D eigenvalue weighted by atomic mass is 10.2. The van der Waals surface area contributed by atoms with Gasteiger partial charge in [-0.1, -0.05) is 6.07 Å². The molecule has 0 spiro atoms. The van der Waals surface area contributed by atoms with E-state index in [9.17, 15) is 14.9 Å². The van der Waals surface area contributed by atoms with Crippen molar-refractivity contribution in [2.45, 2.75) is 0 Å². The molecular formula is C22H17N5O4S. The monoisotopic (exact) mass is 447 g/mol. The highest BCUT2D eigenvalue weighted by Crippen LogP contribution is 2.29. The van der Waals surface area contributed by atoms with Crippen LogP contribution in [0, 0.1) is 11.3 Å². The van der Waals surface area contributed by atoms with Gasteiger partial charge in [0.1, 0.15) is 11.6 Å². The molecule has 0 unspecified atom stereocenters.